The highest BCUT2D eigenvalue weighted by molar-refractivity contribution is 8.27. The van der Waals surface area contributed by atoms with Gasteiger partial charge in [0, 0.05) is 33.6 Å². The minimum atomic E-state index is -0.424. The number of aromatic nitrogens is 1. The zero-order valence-electron chi connectivity index (χ0n) is 19.6. The molecule has 0 fully saturated rings. The molecule has 1 aromatic heterocycles. The standard InChI is InChI=1S/C26H24ClN5O2S/c1-15(2)25-30-32-23(28)20(24(33)29-26(32)35-25)13-17-14-31(21-7-5-4-6-19(17)21)10-11-34-22-9-8-18(27)12-16(22)3/h4-9,12-15,28H,10-11H2,1-3H3/b20-13+,28-23?. The van der Waals surface area contributed by atoms with Crippen molar-refractivity contribution in [3.63, 3.8) is 0 Å². The Balaban J connectivity index is 1.42. The van der Waals surface area contributed by atoms with Crippen LogP contribution in [0.15, 0.2) is 64.3 Å². The molecule has 35 heavy (non-hydrogen) atoms. The average Bonchev–Trinajstić information content (AvgIpc) is 3.40. The molecule has 0 bridgehead atoms. The first-order chi connectivity index (χ1) is 16.8. The van der Waals surface area contributed by atoms with E-state index in [2.05, 4.69) is 14.7 Å². The van der Waals surface area contributed by atoms with Crippen LogP contribution in [0.3, 0.4) is 0 Å². The number of ether oxygens (including phenoxy) is 1. The summed E-state index contributed by atoms with van der Waals surface area (Å²) in [5.74, 6) is 0.613. The Hall–Kier alpha value is -3.36. The van der Waals surface area contributed by atoms with Crippen molar-refractivity contribution in [2.75, 3.05) is 6.61 Å². The molecule has 0 radical (unpaired) electrons. The fraction of sp³-hybridized carbons (Fsp3) is 0.231. The molecular formula is C26H24ClN5O2S. The number of carbonyl (C=O) groups is 1. The number of rotatable bonds is 6. The second kappa shape index (κ2) is 9.36. The van der Waals surface area contributed by atoms with Gasteiger partial charge in [-0.25, -0.2) is 0 Å². The summed E-state index contributed by atoms with van der Waals surface area (Å²) in [6.07, 6.45) is 3.72. The molecule has 3 heterocycles. The number of amides is 1. The van der Waals surface area contributed by atoms with Crippen LogP contribution in [0.4, 0.5) is 0 Å². The monoisotopic (exact) mass is 505 g/mol. The first-order valence-electron chi connectivity index (χ1n) is 11.3. The lowest BCUT2D eigenvalue weighted by atomic mass is 10.1. The molecule has 2 aliphatic rings. The van der Waals surface area contributed by atoms with E-state index in [-0.39, 0.29) is 17.3 Å². The van der Waals surface area contributed by atoms with E-state index in [0.717, 1.165) is 32.8 Å². The molecule has 0 aliphatic carbocycles. The number of fused-ring (bicyclic) bond motifs is 2. The molecule has 0 saturated heterocycles. The van der Waals surface area contributed by atoms with E-state index < -0.39 is 5.91 Å². The van der Waals surface area contributed by atoms with E-state index in [1.54, 1.807) is 6.08 Å². The van der Waals surface area contributed by atoms with E-state index in [0.29, 0.717) is 23.3 Å². The van der Waals surface area contributed by atoms with E-state index in [4.69, 9.17) is 21.7 Å². The Labute approximate surface area is 212 Å². The van der Waals surface area contributed by atoms with Gasteiger partial charge in [-0.3, -0.25) is 10.2 Å². The van der Waals surface area contributed by atoms with Crippen molar-refractivity contribution in [1.29, 1.82) is 5.41 Å². The first kappa shape index (κ1) is 23.4. The van der Waals surface area contributed by atoms with Gasteiger partial charge in [0.15, 0.2) is 5.84 Å². The predicted molar refractivity (Wildman–Crippen MR) is 143 cm³/mol. The van der Waals surface area contributed by atoms with Crippen molar-refractivity contribution in [3.05, 3.63) is 70.4 Å². The maximum atomic E-state index is 12.8. The van der Waals surface area contributed by atoms with Crippen LogP contribution in [0.5, 0.6) is 5.75 Å². The van der Waals surface area contributed by atoms with Gasteiger partial charge in [-0.05, 0) is 54.6 Å². The lowest BCUT2D eigenvalue weighted by Gasteiger charge is -2.20. The maximum Gasteiger partial charge on any atom is 0.283 e. The van der Waals surface area contributed by atoms with Crippen molar-refractivity contribution in [1.82, 2.24) is 9.58 Å². The van der Waals surface area contributed by atoms with Gasteiger partial charge in [0.2, 0.25) is 5.17 Å². The highest BCUT2D eigenvalue weighted by Crippen LogP contribution is 2.32. The Bertz CT molecular complexity index is 1450. The van der Waals surface area contributed by atoms with Gasteiger partial charge in [-0.1, -0.05) is 43.6 Å². The van der Waals surface area contributed by atoms with Crippen molar-refractivity contribution in [2.24, 2.45) is 16.0 Å². The smallest absolute Gasteiger partial charge is 0.283 e. The first-order valence-corrected chi connectivity index (χ1v) is 12.5. The third kappa shape index (κ3) is 4.51. The third-order valence-electron chi connectivity index (χ3n) is 5.81. The average molecular weight is 506 g/mol. The highest BCUT2D eigenvalue weighted by atomic mass is 35.5. The molecule has 1 N–H and O–H groups in total. The Morgan fingerprint density at radius 3 is 2.80 bits per heavy atom. The SMILES string of the molecule is Cc1cc(Cl)ccc1OCCn1cc(/C=C2\C(=N)N3N=C(C(C)C)SC3=NC2=O)c2ccccc21. The largest absolute Gasteiger partial charge is 0.491 e. The van der Waals surface area contributed by atoms with Crippen LogP contribution in [-0.2, 0) is 11.3 Å². The Morgan fingerprint density at radius 2 is 2.03 bits per heavy atom. The summed E-state index contributed by atoms with van der Waals surface area (Å²) in [4.78, 5) is 17.0. The van der Waals surface area contributed by atoms with Crippen LogP contribution in [0.25, 0.3) is 17.0 Å². The van der Waals surface area contributed by atoms with Gasteiger partial charge < -0.3 is 9.30 Å². The van der Waals surface area contributed by atoms with E-state index >= 15 is 0 Å². The molecule has 2 aromatic carbocycles. The number of halogens is 1. The van der Waals surface area contributed by atoms with Gasteiger partial charge in [0.05, 0.1) is 12.1 Å². The number of aliphatic imine (C=N–C) groups is 1. The van der Waals surface area contributed by atoms with Crippen molar-refractivity contribution in [3.8, 4) is 5.75 Å². The number of benzene rings is 2. The van der Waals surface area contributed by atoms with Crippen LogP contribution in [0.2, 0.25) is 5.02 Å². The van der Waals surface area contributed by atoms with Gasteiger partial charge >= 0.3 is 0 Å². The summed E-state index contributed by atoms with van der Waals surface area (Å²) in [6.45, 7) is 7.11. The Morgan fingerprint density at radius 1 is 1.23 bits per heavy atom. The van der Waals surface area contributed by atoms with Gasteiger partial charge in [-0.15, -0.1) is 0 Å². The number of thioether (sulfide) groups is 1. The number of nitrogens with zero attached hydrogens (tertiary/aromatic N) is 4. The van der Waals surface area contributed by atoms with Crippen LogP contribution in [0, 0.1) is 18.3 Å². The molecule has 3 aromatic rings. The number of para-hydroxylation sites is 1. The van der Waals surface area contributed by atoms with Crippen LogP contribution < -0.4 is 4.74 Å². The lowest BCUT2D eigenvalue weighted by molar-refractivity contribution is -0.114. The summed E-state index contributed by atoms with van der Waals surface area (Å²) in [7, 11) is 0. The summed E-state index contributed by atoms with van der Waals surface area (Å²) >= 11 is 7.39. The Kier molecular flexibility index (Phi) is 6.25. The van der Waals surface area contributed by atoms with Crippen LogP contribution >= 0.6 is 23.4 Å². The van der Waals surface area contributed by atoms with Gasteiger partial charge in [0.1, 0.15) is 17.4 Å². The molecule has 178 valence electrons. The second-order valence-electron chi connectivity index (χ2n) is 8.67. The maximum absolute atomic E-state index is 12.8. The van der Waals surface area contributed by atoms with Crippen LogP contribution in [0.1, 0.15) is 25.0 Å². The molecule has 0 saturated carbocycles. The number of hydrazone groups is 1. The van der Waals surface area contributed by atoms with Crippen molar-refractivity contribution in [2.45, 2.75) is 27.3 Å². The molecule has 7 nitrogen and oxygen atoms in total. The molecule has 0 atom stereocenters. The number of aryl methyl sites for hydroxylation is 1. The second-order valence-corrected chi connectivity index (χ2v) is 10.1. The fourth-order valence-electron chi connectivity index (χ4n) is 4.00. The number of hydrogen-bond acceptors (Lipinski definition) is 5. The zero-order valence-corrected chi connectivity index (χ0v) is 21.2. The van der Waals surface area contributed by atoms with E-state index in [1.807, 2.05) is 69.4 Å². The number of carbonyl (C=O) groups excluding carboxylic acids is 1. The van der Waals surface area contributed by atoms with E-state index in [9.17, 15) is 4.79 Å². The quantitative estimate of drug-likeness (QED) is 0.419. The third-order valence-corrected chi connectivity index (χ3v) is 7.25. The van der Waals surface area contributed by atoms with Crippen LogP contribution in [-0.4, -0.2) is 38.1 Å². The summed E-state index contributed by atoms with van der Waals surface area (Å²) in [5.41, 5.74) is 3.07. The predicted octanol–water partition coefficient (Wildman–Crippen LogP) is 5.96. The molecule has 9 heteroatoms. The molecule has 0 unspecified atom stereocenters. The molecule has 2 aliphatic heterocycles. The molecule has 5 rings (SSSR count). The summed E-state index contributed by atoms with van der Waals surface area (Å²) in [6, 6.07) is 13.6. The molecule has 1 amide bonds. The number of hydrogen-bond donors (Lipinski definition) is 1. The van der Waals surface area contributed by atoms with E-state index in [1.165, 1.54) is 16.8 Å². The van der Waals surface area contributed by atoms with Crippen molar-refractivity contribution >= 4 is 62.3 Å². The van der Waals surface area contributed by atoms with Gasteiger partial charge in [0.25, 0.3) is 5.91 Å². The lowest BCUT2D eigenvalue weighted by Crippen LogP contribution is -2.35. The summed E-state index contributed by atoms with van der Waals surface area (Å²) < 4.78 is 8.09. The minimum absolute atomic E-state index is 0.0431. The zero-order chi connectivity index (χ0) is 24.7. The highest BCUT2D eigenvalue weighted by Gasteiger charge is 2.36. The number of nitrogens with one attached hydrogen (secondary N) is 1. The number of amidine groups is 2. The molecular weight excluding hydrogens is 482 g/mol. The summed E-state index contributed by atoms with van der Waals surface area (Å²) in [5, 5.41) is 17.5. The molecule has 0 spiro atoms. The normalized spacial score (nSPS) is 16.8. The topological polar surface area (TPSA) is 83.0 Å². The van der Waals surface area contributed by atoms with Crippen molar-refractivity contribution < 1.29 is 9.53 Å². The van der Waals surface area contributed by atoms with Gasteiger partial charge in [-0.2, -0.15) is 15.1 Å². The fourth-order valence-corrected chi connectivity index (χ4v) is 5.12. The minimum Gasteiger partial charge on any atom is -0.491 e.